The smallest absolute Gasteiger partial charge is 0.338 e. The standard InChI is InChI=1S/C18H28O4/c1-3-4-5-6-7-8-17(20)13-14(2)22-18(21)15-9-11-16(19)12-10-15/h9-12,14,17,19-20H,3-8,13H2,1-2H3. The SMILES string of the molecule is CCCCCCCC(O)CC(C)OC(=O)c1ccc(O)cc1. The molecule has 4 nitrogen and oxygen atoms in total. The van der Waals surface area contributed by atoms with Crippen molar-refractivity contribution in [1.82, 2.24) is 0 Å². The van der Waals surface area contributed by atoms with Gasteiger partial charge in [-0.1, -0.05) is 39.0 Å². The van der Waals surface area contributed by atoms with Gasteiger partial charge in [-0.25, -0.2) is 4.79 Å². The van der Waals surface area contributed by atoms with Crippen LogP contribution in [0.4, 0.5) is 0 Å². The van der Waals surface area contributed by atoms with E-state index in [-0.39, 0.29) is 11.9 Å². The molecule has 0 fully saturated rings. The molecule has 2 atom stereocenters. The maximum absolute atomic E-state index is 11.9. The predicted octanol–water partition coefficient (Wildman–Crippen LogP) is 4.05. The Morgan fingerprint density at radius 1 is 1.14 bits per heavy atom. The molecule has 4 heteroatoms. The fourth-order valence-electron chi connectivity index (χ4n) is 2.38. The van der Waals surface area contributed by atoms with Gasteiger partial charge < -0.3 is 14.9 Å². The van der Waals surface area contributed by atoms with Gasteiger partial charge in [0, 0.05) is 6.42 Å². The van der Waals surface area contributed by atoms with Crippen molar-refractivity contribution < 1.29 is 19.7 Å². The van der Waals surface area contributed by atoms with E-state index in [1.165, 1.54) is 43.5 Å². The van der Waals surface area contributed by atoms with Gasteiger partial charge in [0.05, 0.1) is 11.7 Å². The molecule has 0 aromatic heterocycles. The summed E-state index contributed by atoms with van der Waals surface area (Å²) in [5.41, 5.74) is 0.402. The molecule has 1 aromatic rings. The molecule has 1 rings (SSSR count). The highest BCUT2D eigenvalue weighted by atomic mass is 16.5. The zero-order valence-electron chi connectivity index (χ0n) is 13.6. The van der Waals surface area contributed by atoms with Crippen molar-refractivity contribution in [2.75, 3.05) is 0 Å². The molecule has 22 heavy (non-hydrogen) atoms. The summed E-state index contributed by atoms with van der Waals surface area (Å²) in [4.78, 5) is 11.9. The van der Waals surface area contributed by atoms with Crippen molar-refractivity contribution in [3.05, 3.63) is 29.8 Å². The lowest BCUT2D eigenvalue weighted by Gasteiger charge is -2.17. The van der Waals surface area contributed by atoms with Gasteiger partial charge in [-0.3, -0.25) is 0 Å². The molecule has 0 aliphatic rings. The van der Waals surface area contributed by atoms with E-state index < -0.39 is 12.1 Å². The molecule has 0 aliphatic carbocycles. The first-order chi connectivity index (χ1) is 10.5. The molecule has 0 amide bonds. The summed E-state index contributed by atoms with van der Waals surface area (Å²) < 4.78 is 5.31. The third-order valence-electron chi connectivity index (χ3n) is 3.66. The molecular formula is C18H28O4. The number of phenols is 1. The van der Waals surface area contributed by atoms with E-state index in [1.807, 2.05) is 0 Å². The lowest BCUT2D eigenvalue weighted by molar-refractivity contribution is 0.0188. The third-order valence-corrected chi connectivity index (χ3v) is 3.66. The first-order valence-electron chi connectivity index (χ1n) is 8.21. The zero-order chi connectivity index (χ0) is 16.4. The lowest BCUT2D eigenvalue weighted by atomic mass is 10.0. The van der Waals surface area contributed by atoms with Gasteiger partial charge in [-0.05, 0) is 37.6 Å². The van der Waals surface area contributed by atoms with Crippen molar-refractivity contribution in [2.24, 2.45) is 0 Å². The fraction of sp³-hybridized carbons (Fsp3) is 0.611. The number of aliphatic hydroxyl groups excluding tert-OH is 1. The number of carbonyl (C=O) groups is 1. The van der Waals surface area contributed by atoms with E-state index in [2.05, 4.69) is 6.92 Å². The minimum atomic E-state index is -0.428. The Morgan fingerprint density at radius 2 is 1.77 bits per heavy atom. The summed E-state index contributed by atoms with van der Waals surface area (Å²) >= 11 is 0. The van der Waals surface area contributed by atoms with E-state index >= 15 is 0 Å². The Bertz CT molecular complexity index is 427. The highest BCUT2D eigenvalue weighted by molar-refractivity contribution is 5.89. The van der Waals surface area contributed by atoms with Crippen LogP contribution in [-0.4, -0.2) is 28.4 Å². The van der Waals surface area contributed by atoms with Gasteiger partial charge >= 0.3 is 5.97 Å². The first-order valence-corrected chi connectivity index (χ1v) is 8.21. The molecule has 124 valence electrons. The number of benzene rings is 1. The summed E-state index contributed by atoms with van der Waals surface area (Å²) in [7, 11) is 0. The van der Waals surface area contributed by atoms with E-state index in [0.29, 0.717) is 12.0 Å². The van der Waals surface area contributed by atoms with Crippen LogP contribution in [0.2, 0.25) is 0 Å². The number of hydrogen-bond acceptors (Lipinski definition) is 4. The summed E-state index contributed by atoms with van der Waals surface area (Å²) in [6.07, 6.45) is 6.30. The van der Waals surface area contributed by atoms with E-state index in [4.69, 9.17) is 4.74 Å². The van der Waals surface area contributed by atoms with Crippen molar-refractivity contribution in [2.45, 2.75) is 71.0 Å². The van der Waals surface area contributed by atoms with Crippen LogP contribution in [0.5, 0.6) is 5.75 Å². The number of hydrogen-bond donors (Lipinski definition) is 2. The Hall–Kier alpha value is -1.55. The van der Waals surface area contributed by atoms with Gasteiger partial charge in [0.1, 0.15) is 11.9 Å². The molecule has 0 saturated heterocycles. The Balaban J connectivity index is 2.25. The number of unbranched alkanes of at least 4 members (excludes halogenated alkanes) is 4. The molecule has 0 heterocycles. The van der Waals surface area contributed by atoms with Crippen molar-refractivity contribution in [1.29, 1.82) is 0 Å². The van der Waals surface area contributed by atoms with Crippen molar-refractivity contribution in [3.63, 3.8) is 0 Å². The molecule has 0 spiro atoms. The first kappa shape index (κ1) is 18.5. The monoisotopic (exact) mass is 308 g/mol. The predicted molar refractivity (Wildman–Crippen MR) is 87.0 cm³/mol. The fourth-order valence-corrected chi connectivity index (χ4v) is 2.38. The summed E-state index contributed by atoms with van der Waals surface area (Å²) in [6, 6.07) is 5.95. The molecule has 0 saturated carbocycles. The van der Waals surface area contributed by atoms with Crippen LogP contribution in [0.3, 0.4) is 0 Å². The maximum atomic E-state index is 11.9. The van der Waals surface area contributed by atoms with Crippen LogP contribution >= 0.6 is 0 Å². The minimum absolute atomic E-state index is 0.114. The van der Waals surface area contributed by atoms with Crippen LogP contribution in [0.25, 0.3) is 0 Å². The average Bonchev–Trinajstić information content (AvgIpc) is 2.47. The molecule has 1 aromatic carbocycles. The minimum Gasteiger partial charge on any atom is -0.508 e. The summed E-state index contributed by atoms with van der Waals surface area (Å²) in [5.74, 6) is -0.314. The van der Waals surface area contributed by atoms with Gasteiger partial charge in [0.25, 0.3) is 0 Å². The molecule has 2 unspecified atom stereocenters. The molecule has 0 aliphatic heterocycles. The quantitative estimate of drug-likeness (QED) is 0.505. The number of esters is 1. The molecule has 2 N–H and O–H groups in total. The topological polar surface area (TPSA) is 66.8 Å². The highest BCUT2D eigenvalue weighted by Crippen LogP contribution is 2.15. The lowest BCUT2D eigenvalue weighted by Crippen LogP contribution is -2.21. The van der Waals surface area contributed by atoms with Gasteiger partial charge in [0.15, 0.2) is 0 Å². The molecule has 0 radical (unpaired) electrons. The van der Waals surface area contributed by atoms with Gasteiger partial charge in [0.2, 0.25) is 0 Å². The number of phenolic OH excluding ortho intramolecular Hbond substituents is 1. The maximum Gasteiger partial charge on any atom is 0.338 e. The molecule has 0 bridgehead atoms. The zero-order valence-corrected chi connectivity index (χ0v) is 13.6. The van der Waals surface area contributed by atoms with Crippen LogP contribution in [0.15, 0.2) is 24.3 Å². The summed E-state index contributed by atoms with van der Waals surface area (Å²) in [5, 5.41) is 19.2. The van der Waals surface area contributed by atoms with Crippen molar-refractivity contribution in [3.8, 4) is 5.75 Å². The van der Waals surface area contributed by atoms with E-state index in [1.54, 1.807) is 6.92 Å². The Morgan fingerprint density at radius 3 is 2.41 bits per heavy atom. The van der Waals surface area contributed by atoms with Gasteiger partial charge in [-0.15, -0.1) is 0 Å². The van der Waals surface area contributed by atoms with Crippen LogP contribution in [-0.2, 0) is 4.74 Å². The van der Waals surface area contributed by atoms with Crippen LogP contribution in [0, 0.1) is 0 Å². The van der Waals surface area contributed by atoms with Crippen LogP contribution < -0.4 is 0 Å². The number of aromatic hydroxyl groups is 1. The van der Waals surface area contributed by atoms with Gasteiger partial charge in [-0.2, -0.15) is 0 Å². The number of aliphatic hydroxyl groups is 1. The van der Waals surface area contributed by atoms with Crippen molar-refractivity contribution >= 4 is 5.97 Å². The largest absolute Gasteiger partial charge is 0.508 e. The second-order valence-electron chi connectivity index (χ2n) is 5.86. The second kappa shape index (κ2) is 10.2. The average molecular weight is 308 g/mol. The molecular weight excluding hydrogens is 280 g/mol. The number of rotatable bonds is 10. The van der Waals surface area contributed by atoms with Crippen LogP contribution in [0.1, 0.15) is 69.2 Å². The Labute approximate surface area is 133 Å². The number of ether oxygens (including phenoxy) is 1. The highest BCUT2D eigenvalue weighted by Gasteiger charge is 2.15. The Kier molecular flexibility index (Phi) is 8.60. The normalized spacial score (nSPS) is 13.6. The third kappa shape index (κ3) is 7.46. The van der Waals surface area contributed by atoms with E-state index in [0.717, 1.165) is 19.3 Å². The van der Waals surface area contributed by atoms with E-state index in [9.17, 15) is 15.0 Å². The second-order valence-corrected chi connectivity index (χ2v) is 5.86. The number of carbonyl (C=O) groups excluding carboxylic acids is 1. The summed E-state index contributed by atoms with van der Waals surface area (Å²) in [6.45, 7) is 3.97.